The van der Waals surface area contributed by atoms with Crippen LogP contribution in [0.15, 0.2) is 0 Å². The van der Waals surface area contributed by atoms with Crippen LogP contribution in [0.25, 0.3) is 0 Å². The highest BCUT2D eigenvalue weighted by Crippen LogP contribution is 2.25. The molecule has 0 aromatic carbocycles. The number of esters is 1. The Morgan fingerprint density at radius 2 is 2.10 bits per heavy atom. The molecule has 6 heteroatoms. The topological polar surface area (TPSA) is 75.3 Å². The summed E-state index contributed by atoms with van der Waals surface area (Å²) in [6, 6.07) is 0. The Morgan fingerprint density at radius 1 is 1.33 bits per heavy atom. The van der Waals surface area contributed by atoms with E-state index in [-0.39, 0.29) is 17.8 Å². The molecule has 1 aromatic heterocycles. The largest absolute Gasteiger partial charge is 0.466 e. The average Bonchev–Trinajstić information content (AvgIpc) is 3.10. The normalized spacial score (nSPS) is 18.6. The van der Waals surface area contributed by atoms with Gasteiger partial charge >= 0.3 is 5.97 Å². The molecule has 0 spiro atoms. The molecule has 1 aliphatic carbocycles. The Kier molecular flexibility index (Phi) is 3.94. The Balaban J connectivity index is 1.61. The number of H-pyrrole nitrogens is 1. The third kappa shape index (κ3) is 2.66. The molecular formula is C15H21N3O3. The Labute approximate surface area is 123 Å². The number of likely N-dealkylation sites (tertiary alicyclic amines) is 1. The number of carbonyl (C=O) groups is 2. The molecule has 1 N–H and O–H groups in total. The zero-order chi connectivity index (χ0) is 14.8. The maximum atomic E-state index is 12.6. The van der Waals surface area contributed by atoms with Crippen molar-refractivity contribution in [1.82, 2.24) is 15.1 Å². The molecule has 0 saturated carbocycles. The Bertz CT molecular complexity index is 544. The number of hydrogen-bond acceptors (Lipinski definition) is 4. The van der Waals surface area contributed by atoms with Crippen molar-refractivity contribution in [2.75, 3.05) is 19.7 Å². The van der Waals surface area contributed by atoms with Crippen LogP contribution in [0.2, 0.25) is 0 Å². The van der Waals surface area contributed by atoms with E-state index in [9.17, 15) is 9.59 Å². The minimum absolute atomic E-state index is 0.00305. The molecule has 21 heavy (non-hydrogen) atoms. The zero-order valence-corrected chi connectivity index (χ0v) is 12.4. The zero-order valence-electron chi connectivity index (χ0n) is 12.4. The lowest BCUT2D eigenvalue weighted by Crippen LogP contribution is -2.41. The van der Waals surface area contributed by atoms with E-state index in [0.29, 0.717) is 38.2 Å². The first-order valence-corrected chi connectivity index (χ1v) is 7.72. The van der Waals surface area contributed by atoms with Gasteiger partial charge in [-0.15, -0.1) is 0 Å². The molecular weight excluding hydrogens is 270 g/mol. The highest BCUT2D eigenvalue weighted by Gasteiger charge is 2.31. The van der Waals surface area contributed by atoms with E-state index >= 15 is 0 Å². The van der Waals surface area contributed by atoms with Crippen molar-refractivity contribution in [3.8, 4) is 0 Å². The van der Waals surface area contributed by atoms with Crippen LogP contribution in [0, 0.1) is 5.92 Å². The number of carbonyl (C=O) groups excluding carboxylic acids is 2. The lowest BCUT2D eigenvalue weighted by molar-refractivity contribution is -0.149. The SMILES string of the molecule is CCOC(=O)C1CCN(C(=O)c2n[nH]c3c2CCC3)CC1. The molecule has 1 amide bonds. The summed E-state index contributed by atoms with van der Waals surface area (Å²) in [7, 11) is 0. The molecule has 6 nitrogen and oxygen atoms in total. The van der Waals surface area contributed by atoms with Gasteiger partial charge in [0.2, 0.25) is 0 Å². The minimum Gasteiger partial charge on any atom is -0.466 e. The van der Waals surface area contributed by atoms with Gasteiger partial charge in [0.15, 0.2) is 5.69 Å². The van der Waals surface area contributed by atoms with Gasteiger partial charge in [-0.05, 0) is 39.0 Å². The monoisotopic (exact) mass is 291 g/mol. The van der Waals surface area contributed by atoms with E-state index in [2.05, 4.69) is 10.2 Å². The first-order chi connectivity index (χ1) is 10.2. The molecule has 1 aromatic rings. The molecule has 0 bridgehead atoms. The highest BCUT2D eigenvalue weighted by atomic mass is 16.5. The van der Waals surface area contributed by atoms with Gasteiger partial charge < -0.3 is 9.64 Å². The van der Waals surface area contributed by atoms with E-state index < -0.39 is 0 Å². The number of aromatic nitrogens is 2. The summed E-state index contributed by atoms with van der Waals surface area (Å²) in [6.07, 6.45) is 4.37. The van der Waals surface area contributed by atoms with E-state index in [1.165, 1.54) is 0 Å². The van der Waals surface area contributed by atoms with Gasteiger partial charge in [0.25, 0.3) is 5.91 Å². The van der Waals surface area contributed by atoms with Gasteiger partial charge in [-0.1, -0.05) is 0 Å². The predicted octanol–water partition coefficient (Wildman–Crippen LogP) is 1.31. The number of nitrogens with one attached hydrogen (secondary N) is 1. The van der Waals surface area contributed by atoms with Crippen molar-refractivity contribution in [2.45, 2.75) is 39.0 Å². The number of rotatable bonds is 3. The van der Waals surface area contributed by atoms with Crippen molar-refractivity contribution < 1.29 is 14.3 Å². The highest BCUT2D eigenvalue weighted by molar-refractivity contribution is 5.94. The fraction of sp³-hybridized carbons (Fsp3) is 0.667. The molecule has 1 fully saturated rings. The first-order valence-electron chi connectivity index (χ1n) is 7.72. The average molecular weight is 291 g/mol. The summed E-state index contributed by atoms with van der Waals surface area (Å²) in [5.74, 6) is -0.208. The number of fused-ring (bicyclic) bond motifs is 1. The van der Waals surface area contributed by atoms with Crippen molar-refractivity contribution in [3.63, 3.8) is 0 Å². The number of hydrogen-bond donors (Lipinski definition) is 1. The van der Waals surface area contributed by atoms with Gasteiger partial charge in [0.1, 0.15) is 0 Å². The van der Waals surface area contributed by atoms with Crippen molar-refractivity contribution in [1.29, 1.82) is 0 Å². The van der Waals surface area contributed by atoms with Crippen LogP contribution in [0.1, 0.15) is 47.9 Å². The van der Waals surface area contributed by atoms with Crippen LogP contribution in [0.3, 0.4) is 0 Å². The fourth-order valence-corrected chi connectivity index (χ4v) is 3.22. The van der Waals surface area contributed by atoms with Gasteiger partial charge in [-0.25, -0.2) is 0 Å². The predicted molar refractivity (Wildman–Crippen MR) is 75.9 cm³/mol. The smallest absolute Gasteiger partial charge is 0.309 e. The van der Waals surface area contributed by atoms with Gasteiger partial charge in [-0.3, -0.25) is 14.7 Å². The van der Waals surface area contributed by atoms with E-state index in [1.807, 2.05) is 11.8 Å². The van der Waals surface area contributed by atoms with Crippen LogP contribution < -0.4 is 0 Å². The molecule has 0 atom stereocenters. The summed E-state index contributed by atoms with van der Waals surface area (Å²) < 4.78 is 5.05. The molecule has 0 radical (unpaired) electrons. The van der Waals surface area contributed by atoms with Crippen LogP contribution in [0.5, 0.6) is 0 Å². The van der Waals surface area contributed by atoms with Crippen LogP contribution in [-0.2, 0) is 22.4 Å². The number of nitrogens with zero attached hydrogens (tertiary/aromatic N) is 2. The summed E-state index contributed by atoms with van der Waals surface area (Å²) in [4.78, 5) is 26.1. The van der Waals surface area contributed by atoms with Gasteiger partial charge in [0, 0.05) is 24.3 Å². The lowest BCUT2D eigenvalue weighted by Gasteiger charge is -2.30. The standard InChI is InChI=1S/C15H21N3O3/c1-2-21-15(20)10-6-8-18(9-7-10)14(19)13-11-4-3-5-12(11)16-17-13/h10H,2-9H2,1H3,(H,16,17). The molecule has 2 heterocycles. The second kappa shape index (κ2) is 5.87. The first kappa shape index (κ1) is 14.1. The van der Waals surface area contributed by atoms with E-state index in [4.69, 9.17) is 4.74 Å². The summed E-state index contributed by atoms with van der Waals surface area (Å²) in [5.41, 5.74) is 2.78. The summed E-state index contributed by atoms with van der Waals surface area (Å²) in [5, 5.41) is 7.17. The molecule has 1 saturated heterocycles. The van der Waals surface area contributed by atoms with E-state index in [1.54, 1.807) is 0 Å². The van der Waals surface area contributed by atoms with Crippen molar-refractivity contribution in [3.05, 3.63) is 17.0 Å². The molecule has 114 valence electrons. The molecule has 1 aliphatic heterocycles. The quantitative estimate of drug-likeness (QED) is 0.852. The fourth-order valence-electron chi connectivity index (χ4n) is 3.22. The van der Waals surface area contributed by atoms with Crippen molar-refractivity contribution in [2.24, 2.45) is 5.92 Å². The molecule has 2 aliphatic rings. The third-order valence-corrected chi connectivity index (χ3v) is 4.41. The minimum atomic E-state index is -0.134. The van der Waals surface area contributed by atoms with Gasteiger partial charge in [0.05, 0.1) is 12.5 Å². The molecule has 3 rings (SSSR count). The summed E-state index contributed by atoms with van der Waals surface area (Å²) in [6.45, 7) is 3.43. The second-order valence-electron chi connectivity index (χ2n) is 5.70. The number of piperidine rings is 1. The maximum absolute atomic E-state index is 12.6. The van der Waals surface area contributed by atoms with Crippen LogP contribution in [-0.4, -0.2) is 46.7 Å². The Hall–Kier alpha value is -1.85. The third-order valence-electron chi connectivity index (χ3n) is 4.41. The Morgan fingerprint density at radius 3 is 2.81 bits per heavy atom. The molecule has 0 unspecified atom stereocenters. The summed E-state index contributed by atoms with van der Waals surface area (Å²) >= 11 is 0. The second-order valence-corrected chi connectivity index (χ2v) is 5.70. The van der Waals surface area contributed by atoms with Crippen molar-refractivity contribution >= 4 is 11.9 Å². The van der Waals surface area contributed by atoms with E-state index in [0.717, 1.165) is 30.5 Å². The number of amides is 1. The number of aromatic amines is 1. The lowest BCUT2D eigenvalue weighted by atomic mass is 9.96. The number of ether oxygens (including phenoxy) is 1. The van der Waals surface area contributed by atoms with Gasteiger partial charge in [-0.2, -0.15) is 5.10 Å². The van der Waals surface area contributed by atoms with Crippen LogP contribution in [0.4, 0.5) is 0 Å². The maximum Gasteiger partial charge on any atom is 0.309 e. The number of aryl methyl sites for hydroxylation is 1. The van der Waals surface area contributed by atoms with Crippen LogP contribution >= 0.6 is 0 Å².